The molecule has 0 atom stereocenters. The van der Waals surface area contributed by atoms with Crippen molar-refractivity contribution < 1.29 is 23.5 Å². The molecule has 26 heavy (non-hydrogen) atoms. The van der Waals surface area contributed by atoms with E-state index in [2.05, 4.69) is 10.6 Å². The Morgan fingerprint density at radius 2 is 1.62 bits per heavy atom. The second-order valence-electron chi connectivity index (χ2n) is 5.27. The SMILES string of the molecule is CCOc1ccc(C(=O)NCC(=O)Nc2ccc(F)cc2)cc1OCC. The monoisotopic (exact) mass is 360 g/mol. The Bertz CT molecular complexity index is 763. The number of halogens is 1. The van der Waals surface area contributed by atoms with Gasteiger partial charge in [-0.15, -0.1) is 0 Å². The van der Waals surface area contributed by atoms with Gasteiger partial charge in [0.2, 0.25) is 5.91 Å². The van der Waals surface area contributed by atoms with Crippen molar-refractivity contribution in [2.24, 2.45) is 0 Å². The maximum absolute atomic E-state index is 12.8. The molecule has 138 valence electrons. The quantitative estimate of drug-likeness (QED) is 0.759. The van der Waals surface area contributed by atoms with Crippen LogP contribution in [-0.2, 0) is 4.79 Å². The van der Waals surface area contributed by atoms with Gasteiger partial charge in [0.1, 0.15) is 5.82 Å². The average Bonchev–Trinajstić information content (AvgIpc) is 2.63. The molecule has 0 saturated carbocycles. The first-order valence-electron chi connectivity index (χ1n) is 8.26. The molecule has 0 fully saturated rings. The molecule has 0 aromatic heterocycles. The molecule has 0 aliphatic heterocycles. The highest BCUT2D eigenvalue weighted by atomic mass is 19.1. The molecular formula is C19H21FN2O4. The molecule has 0 heterocycles. The summed E-state index contributed by atoms with van der Waals surface area (Å²) in [6.45, 7) is 4.39. The lowest BCUT2D eigenvalue weighted by atomic mass is 10.2. The number of nitrogens with one attached hydrogen (secondary N) is 2. The molecule has 2 aromatic rings. The Kier molecular flexibility index (Phi) is 6.96. The van der Waals surface area contributed by atoms with E-state index < -0.39 is 17.6 Å². The van der Waals surface area contributed by atoms with E-state index in [9.17, 15) is 14.0 Å². The van der Waals surface area contributed by atoms with E-state index in [1.807, 2.05) is 13.8 Å². The van der Waals surface area contributed by atoms with Crippen LogP contribution in [0.5, 0.6) is 11.5 Å². The Hall–Kier alpha value is -3.09. The fraction of sp³-hybridized carbons (Fsp3) is 0.263. The van der Waals surface area contributed by atoms with Crippen molar-refractivity contribution >= 4 is 17.5 Å². The predicted octanol–water partition coefficient (Wildman–Crippen LogP) is 2.99. The standard InChI is InChI=1S/C19H21FN2O4/c1-3-25-16-10-5-13(11-17(16)26-4-2)19(24)21-12-18(23)22-15-8-6-14(20)7-9-15/h5-11H,3-4,12H2,1-2H3,(H,21,24)(H,22,23). The molecule has 2 rings (SSSR count). The summed E-state index contributed by atoms with van der Waals surface area (Å²) in [6.07, 6.45) is 0. The molecule has 0 saturated heterocycles. The first kappa shape index (κ1) is 19.2. The summed E-state index contributed by atoms with van der Waals surface area (Å²) < 4.78 is 23.8. The predicted molar refractivity (Wildman–Crippen MR) is 96.1 cm³/mol. The lowest BCUT2D eigenvalue weighted by Crippen LogP contribution is -2.32. The van der Waals surface area contributed by atoms with Crippen molar-refractivity contribution in [3.05, 3.63) is 53.8 Å². The van der Waals surface area contributed by atoms with Crippen LogP contribution in [0.4, 0.5) is 10.1 Å². The summed E-state index contributed by atoms with van der Waals surface area (Å²) in [5.41, 5.74) is 0.803. The van der Waals surface area contributed by atoms with Crippen molar-refractivity contribution in [2.45, 2.75) is 13.8 Å². The van der Waals surface area contributed by atoms with Crippen LogP contribution in [0.15, 0.2) is 42.5 Å². The van der Waals surface area contributed by atoms with Gasteiger partial charge >= 0.3 is 0 Å². The van der Waals surface area contributed by atoms with E-state index in [1.54, 1.807) is 18.2 Å². The van der Waals surface area contributed by atoms with Crippen LogP contribution in [0.2, 0.25) is 0 Å². The molecule has 0 spiro atoms. The van der Waals surface area contributed by atoms with Gasteiger partial charge < -0.3 is 20.1 Å². The average molecular weight is 360 g/mol. The summed E-state index contributed by atoms with van der Waals surface area (Å²) in [7, 11) is 0. The summed E-state index contributed by atoms with van der Waals surface area (Å²) >= 11 is 0. The van der Waals surface area contributed by atoms with E-state index >= 15 is 0 Å². The van der Waals surface area contributed by atoms with Crippen molar-refractivity contribution in [1.29, 1.82) is 0 Å². The number of rotatable bonds is 8. The van der Waals surface area contributed by atoms with Gasteiger partial charge in [-0.05, 0) is 56.3 Å². The molecule has 0 aliphatic rings. The second kappa shape index (κ2) is 9.41. The third-order valence-electron chi connectivity index (χ3n) is 3.34. The fourth-order valence-electron chi connectivity index (χ4n) is 2.19. The minimum Gasteiger partial charge on any atom is -0.490 e. The zero-order valence-electron chi connectivity index (χ0n) is 14.7. The molecule has 6 nitrogen and oxygen atoms in total. The zero-order valence-corrected chi connectivity index (χ0v) is 14.7. The molecule has 0 aliphatic carbocycles. The lowest BCUT2D eigenvalue weighted by molar-refractivity contribution is -0.115. The minimum atomic E-state index is -0.416. The Morgan fingerprint density at radius 1 is 0.962 bits per heavy atom. The van der Waals surface area contributed by atoms with Crippen LogP contribution in [0.3, 0.4) is 0 Å². The molecular weight excluding hydrogens is 339 g/mol. The number of hydrogen-bond donors (Lipinski definition) is 2. The number of anilines is 1. The number of ether oxygens (including phenoxy) is 2. The number of benzene rings is 2. The van der Waals surface area contributed by atoms with Gasteiger partial charge in [-0.25, -0.2) is 4.39 Å². The molecule has 0 unspecified atom stereocenters. The van der Waals surface area contributed by atoms with Gasteiger partial charge in [-0.3, -0.25) is 9.59 Å². The highest BCUT2D eigenvalue weighted by Crippen LogP contribution is 2.28. The first-order valence-corrected chi connectivity index (χ1v) is 8.26. The van der Waals surface area contributed by atoms with Gasteiger partial charge in [0.25, 0.3) is 5.91 Å². The maximum atomic E-state index is 12.8. The van der Waals surface area contributed by atoms with E-state index in [-0.39, 0.29) is 6.54 Å². The summed E-state index contributed by atoms with van der Waals surface area (Å²) in [5, 5.41) is 5.10. The van der Waals surface area contributed by atoms with Crippen LogP contribution in [0.25, 0.3) is 0 Å². The number of amides is 2. The van der Waals surface area contributed by atoms with Gasteiger partial charge in [0.05, 0.1) is 19.8 Å². The van der Waals surface area contributed by atoms with Crippen molar-refractivity contribution in [3.8, 4) is 11.5 Å². The zero-order chi connectivity index (χ0) is 18.9. The largest absolute Gasteiger partial charge is 0.490 e. The van der Waals surface area contributed by atoms with Crippen LogP contribution in [0, 0.1) is 5.82 Å². The van der Waals surface area contributed by atoms with E-state index in [1.165, 1.54) is 24.3 Å². The third-order valence-corrected chi connectivity index (χ3v) is 3.34. The van der Waals surface area contributed by atoms with Crippen LogP contribution < -0.4 is 20.1 Å². The van der Waals surface area contributed by atoms with Crippen LogP contribution in [0.1, 0.15) is 24.2 Å². The van der Waals surface area contributed by atoms with Gasteiger partial charge in [-0.2, -0.15) is 0 Å². The second-order valence-corrected chi connectivity index (χ2v) is 5.27. The molecule has 0 radical (unpaired) electrons. The highest BCUT2D eigenvalue weighted by molar-refractivity contribution is 5.99. The van der Waals surface area contributed by atoms with E-state index in [0.29, 0.717) is 36.0 Å². The highest BCUT2D eigenvalue weighted by Gasteiger charge is 2.12. The number of hydrogen-bond acceptors (Lipinski definition) is 4. The first-order chi connectivity index (χ1) is 12.5. The van der Waals surface area contributed by atoms with Gasteiger partial charge in [0.15, 0.2) is 11.5 Å². The fourth-order valence-corrected chi connectivity index (χ4v) is 2.19. The molecule has 0 bridgehead atoms. The third kappa shape index (κ3) is 5.47. The summed E-state index contributed by atoms with van der Waals surface area (Å²) in [5.74, 6) is -0.196. The Morgan fingerprint density at radius 3 is 2.27 bits per heavy atom. The van der Waals surface area contributed by atoms with E-state index in [4.69, 9.17) is 9.47 Å². The molecule has 2 amide bonds. The van der Waals surface area contributed by atoms with Crippen molar-refractivity contribution in [2.75, 3.05) is 25.1 Å². The smallest absolute Gasteiger partial charge is 0.251 e. The Labute approximate surface area is 151 Å². The number of carbonyl (C=O) groups is 2. The topological polar surface area (TPSA) is 76.7 Å². The van der Waals surface area contributed by atoms with Gasteiger partial charge in [0, 0.05) is 11.3 Å². The lowest BCUT2D eigenvalue weighted by Gasteiger charge is -2.12. The summed E-state index contributed by atoms with van der Waals surface area (Å²) in [6, 6.07) is 10.2. The molecule has 2 N–H and O–H groups in total. The van der Waals surface area contributed by atoms with Crippen LogP contribution in [-0.4, -0.2) is 31.6 Å². The Balaban J connectivity index is 1.95. The number of carbonyl (C=O) groups excluding carboxylic acids is 2. The van der Waals surface area contributed by atoms with Crippen molar-refractivity contribution in [3.63, 3.8) is 0 Å². The summed E-state index contributed by atoms with van der Waals surface area (Å²) in [4.78, 5) is 24.1. The van der Waals surface area contributed by atoms with Gasteiger partial charge in [-0.1, -0.05) is 0 Å². The maximum Gasteiger partial charge on any atom is 0.251 e. The normalized spacial score (nSPS) is 10.1. The van der Waals surface area contributed by atoms with Crippen molar-refractivity contribution in [1.82, 2.24) is 5.32 Å². The molecule has 7 heteroatoms. The minimum absolute atomic E-state index is 0.215. The van der Waals surface area contributed by atoms with E-state index in [0.717, 1.165) is 0 Å². The molecule has 2 aromatic carbocycles. The van der Waals surface area contributed by atoms with Crippen LogP contribution >= 0.6 is 0 Å².